The fourth-order valence-electron chi connectivity index (χ4n) is 5.32. The van der Waals surface area contributed by atoms with Crippen LogP contribution in [0.2, 0.25) is 0 Å². The Labute approximate surface area is 222 Å². The highest BCUT2D eigenvalue weighted by Crippen LogP contribution is 2.43. The van der Waals surface area contributed by atoms with Crippen LogP contribution in [0, 0.1) is 0 Å². The van der Waals surface area contributed by atoms with Gasteiger partial charge < -0.3 is 4.42 Å². The Balaban J connectivity index is 1.44. The Hall–Kier alpha value is -4.80. The van der Waals surface area contributed by atoms with Crippen molar-refractivity contribution in [3.05, 3.63) is 121 Å². The minimum Gasteiger partial charge on any atom is -0.456 e. The van der Waals surface area contributed by atoms with E-state index in [2.05, 4.69) is 91.0 Å². The molecule has 0 bridgehead atoms. The molecule has 3 nitrogen and oxygen atoms in total. The molecule has 0 amide bonds. The molecular formula is C34H20N2OS. The van der Waals surface area contributed by atoms with Crippen LogP contribution in [-0.4, -0.2) is 9.97 Å². The van der Waals surface area contributed by atoms with Gasteiger partial charge in [0.05, 0.1) is 15.9 Å². The number of fused-ring (bicyclic) bond motifs is 6. The van der Waals surface area contributed by atoms with E-state index in [-0.39, 0.29) is 0 Å². The number of benzene rings is 5. The van der Waals surface area contributed by atoms with Crippen LogP contribution in [0.4, 0.5) is 0 Å². The van der Waals surface area contributed by atoms with Gasteiger partial charge in [0, 0.05) is 32.0 Å². The summed E-state index contributed by atoms with van der Waals surface area (Å²) in [6.07, 6.45) is 0. The molecule has 8 aromatic rings. The zero-order valence-electron chi connectivity index (χ0n) is 20.3. The van der Waals surface area contributed by atoms with Gasteiger partial charge in [-0.15, -0.1) is 11.3 Å². The third-order valence-electron chi connectivity index (χ3n) is 7.11. The Bertz CT molecular complexity index is 2130. The fraction of sp³-hybridized carbons (Fsp3) is 0. The lowest BCUT2D eigenvalue weighted by atomic mass is 10.00. The van der Waals surface area contributed by atoms with Crippen LogP contribution in [0.3, 0.4) is 0 Å². The Kier molecular flexibility index (Phi) is 4.69. The molecule has 0 saturated heterocycles. The van der Waals surface area contributed by atoms with Gasteiger partial charge in [-0.2, -0.15) is 0 Å². The fourth-order valence-corrected chi connectivity index (χ4v) is 6.47. The molecular weight excluding hydrogens is 484 g/mol. The second-order valence-corrected chi connectivity index (χ2v) is 10.4. The van der Waals surface area contributed by atoms with Gasteiger partial charge in [-0.1, -0.05) is 97.1 Å². The number of furan rings is 1. The number of hydrogen-bond donors (Lipinski definition) is 0. The lowest BCUT2D eigenvalue weighted by Crippen LogP contribution is -1.93. The minimum absolute atomic E-state index is 0.729. The summed E-state index contributed by atoms with van der Waals surface area (Å²) in [7, 11) is 0. The largest absolute Gasteiger partial charge is 0.456 e. The molecule has 0 fully saturated rings. The first-order valence-corrected chi connectivity index (χ1v) is 13.4. The van der Waals surface area contributed by atoms with E-state index in [0.717, 1.165) is 65.8 Å². The summed E-state index contributed by atoms with van der Waals surface area (Å²) in [6, 6.07) is 41.8. The first kappa shape index (κ1) is 21.3. The summed E-state index contributed by atoms with van der Waals surface area (Å²) in [5.74, 6) is 0.729. The van der Waals surface area contributed by atoms with Gasteiger partial charge in [-0.05, 0) is 35.4 Å². The molecule has 0 radical (unpaired) electrons. The third kappa shape index (κ3) is 3.28. The summed E-state index contributed by atoms with van der Waals surface area (Å²) in [4.78, 5) is 10.3. The van der Waals surface area contributed by atoms with Gasteiger partial charge in [-0.3, -0.25) is 0 Å². The van der Waals surface area contributed by atoms with E-state index in [9.17, 15) is 0 Å². The van der Waals surface area contributed by atoms with Crippen LogP contribution in [-0.2, 0) is 0 Å². The van der Waals surface area contributed by atoms with E-state index in [4.69, 9.17) is 14.4 Å². The predicted octanol–water partition coefficient (Wildman–Crippen LogP) is 9.74. The number of rotatable bonds is 3. The quantitative estimate of drug-likeness (QED) is 0.240. The maximum atomic E-state index is 6.42. The van der Waals surface area contributed by atoms with Crippen molar-refractivity contribution in [2.24, 2.45) is 0 Å². The maximum Gasteiger partial charge on any atom is 0.160 e. The van der Waals surface area contributed by atoms with E-state index < -0.39 is 0 Å². The van der Waals surface area contributed by atoms with Crippen molar-refractivity contribution < 1.29 is 4.42 Å². The van der Waals surface area contributed by atoms with Crippen LogP contribution in [0.1, 0.15) is 0 Å². The first-order chi connectivity index (χ1) is 18.8. The van der Waals surface area contributed by atoms with Crippen molar-refractivity contribution in [3.63, 3.8) is 0 Å². The molecule has 0 saturated carbocycles. The molecule has 38 heavy (non-hydrogen) atoms. The minimum atomic E-state index is 0.729. The molecule has 3 heterocycles. The average molecular weight is 505 g/mol. The van der Waals surface area contributed by atoms with E-state index >= 15 is 0 Å². The highest BCUT2D eigenvalue weighted by molar-refractivity contribution is 7.26. The Morgan fingerprint density at radius 3 is 2.16 bits per heavy atom. The lowest BCUT2D eigenvalue weighted by molar-refractivity contribution is 0.669. The van der Waals surface area contributed by atoms with Gasteiger partial charge >= 0.3 is 0 Å². The van der Waals surface area contributed by atoms with Gasteiger partial charge in [0.2, 0.25) is 0 Å². The average Bonchev–Trinajstić information content (AvgIpc) is 3.55. The molecule has 0 atom stereocenters. The zero-order valence-corrected chi connectivity index (χ0v) is 21.1. The van der Waals surface area contributed by atoms with Crippen molar-refractivity contribution in [2.75, 3.05) is 0 Å². The van der Waals surface area contributed by atoms with Gasteiger partial charge in [0.25, 0.3) is 0 Å². The second-order valence-electron chi connectivity index (χ2n) is 9.40. The lowest BCUT2D eigenvalue weighted by Gasteiger charge is -2.08. The summed E-state index contributed by atoms with van der Waals surface area (Å²) in [6.45, 7) is 0. The second kappa shape index (κ2) is 8.37. The molecule has 0 unspecified atom stereocenters. The van der Waals surface area contributed by atoms with Crippen molar-refractivity contribution in [1.82, 2.24) is 9.97 Å². The van der Waals surface area contributed by atoms with Crippen LogP contribution in [0.25, 0.3) is 76.0 Å². The summed E-state index contributed by atoms with van der Waals surface area (Å²) in [5, 5.41) is 3.33. The number of thiophene rings is 1. The molecule has 8 rings (SSSR count). The molecule has 0 aliphatic carbocycles. The van der Waals surface area contributed by atoms with Crippen molar-refractivity contribution in [1.29, 1.82) is 0 Å². The monoisotopic (exact) mass is 504 g/mol. The standard InChI is InChI=1S/C34H20N2OS/c1-3-10-21(11-4-1)23-18-19-24-28(20-23)37-27-16-9-15-26(30(24)27)32-33-31(25-14-7-8-17-29(25)38-33)35-34(36-32)22-12-5-2-6-13-22/h1-20H. The van der Waals surface area contributed by atoms with Crippen LogP contribution < -0.4 is 0 Å². The Morgan fingerprint density at radius 2 is 1.32 bits per heavy atom. The number of hydrogen-bond acceptors (Lipinski definition) is 4. The van der Waals surface area contributed by atoms with Crippen LogP contribution >= 0.6 is 11.3 Å². The van der Waals surface area contributed by atoms with E-state index in [0.29, 0.717) is 0 Å². The Morgan fingerprint density at radius 1 is 0.553 bits per heavy atom. The predicted molar refractivity (Wildman–Crippen MR) is 159 cm³/mol. The topological polar surface area (TPSA) is 38.9 Å². The van der Waals surface area contributed by atoms with E-state index in [1.807, 2.05) is 30.3 Å². The molecule has 0 N–H and O–H groups in total. The van der Waals surface area contributed by atoms with E-state index in [1.54, 1.807) is 11.3 Å². The molecule has 178 valence electrons. The van der Waals surface area contributed by atoms with Crippen molar-refractivity contribution in [2.45, 2.75) is 0 Å². The molecule has 0 aliphatic rings. The molecule has 5 aromatic carbocycles. The van der Waals surface area contributed by atoms with Crippen LogP contribution in [0.15, 0.2) is 126 Å². The molecule has 0 spiro atoms. The highest BCUT2D eigenvalue weighted by Gasteiger charge is 2.20. The van der Waals surface area contributed by atoms with Gasteiger partial charge in [0.1, 0.15) is 11.2 Å². The normalized spacial score (nSPS) is 11.7. The SMILES string of the molecule is c1ccc(-c2ccc3c(c2)oc2cccc(-c4nc(-c5ccccc5)nc5c4sc4ccccc45)c23)cc1. The number of nitrogens with zero attached hydrogens (tertiary/aromatic N) is 2. The third-order valence-corrected chi connectivity index (χ3v) is 8.28. The summed E-state index contributed by atoms with van der Waals surface area (Å²) < 4.78 is 8.72. The van der Waals surface area contributed by atoms with Crippen molar-refractivity contribution >= 4 is 53.6 Å². The molecule has 4 heteroatoms. The van der Waals surface area contributed by atoms with E-state index in [1.165, 1.54) is 10.3 Å². The summed E-state index contributed by atoms with van der Waals surface area (Å²) in [5.41, 5.74) is 8.04. The first-order valence-electron chi connectivity index (χ1n) is 12.6. The number of aromatic nitrogens is 2. The van der Waals surface area contributed by atoms with Crippen LogP contribution in [0.5, 0.6) is 0 Å². The van der Waals surface area contributed by atoms with Gasteiger partial charge in [0.15, 0.2) is 5.82 Å². The summed E-state index contributed by atoms with van der Waals surface area (Å²) >= 11 is 1.75. The van der Waals surface area contributed by atoms with Gasteiger partial charge in [-0.25, -0.2) is 9.97 Å². The maximum absolute atomic E-state index is 6.42. The smallest absolute Gasteiger partial charge is 0.160 e. The zero-order chi connectivity index (χ0) is 25.1. The van der Waals surface area contributed by atoms with Crippen molar-refractivity contribution in [3.8, 4) is 33.8 Å². The highest BCUT2D eigenvalue weighted by atomic mass is 32.1. The molecule has 3 aromatic heterocycles. The molecule has 0 aliphatic heterocycles.